The van der Waals surface area contributed by atoms with Gasteiger partial charge in [-0.2, -0.15) is 0 Å². The van der Waals surface area contributed by atoms with Crippen molar-refractivity contribution in [3.8, 4) is 5.75 Å². The minimum Gasteiger partial charge on any atom is -0.484 e. The molecule has 0 bridgehead atoms. The SMILES string of the molecule is Cc1cc(OCC(=O)N2CCC(C)(CN)C2)ccc1C(C)C. The third-order valence-electron chi connectivity index (χ3n) is 4.63. The number of carbonyl (C=O) groups excluding carboxylic acids is 1. The molecule has 1 amide bonds. The lowest BCUT2D eigenvalue weighted by Gasteiger charge is -2.22. The molecule has 1 aromatic carbocycles. The monoisotopic (exact) mass is 304 g/mol. The predicted molar refractivity (Wildman–Crippen MR) is 89.1 cm³/mol. The summed E-state index contributed by atoms with van der Waals surface area (Å²) in [6, 6.07) is 6.04. The van der Waals surface area contributed by atoms with Crippen molar-refractivity contribution in [3.63, 3.8) is 0 Å². The summed E-state index contributed by atoms with van der Waals surface area (Å²) in [5, 5.41) is 0. The van der Waals surface area contributed by atoms with Gasteiger partial charge in [0, 0.05) is 13.1 Å². The van der Waals surface area contributed by atoms with Crippen molar-refractivity contribution in [2.24, 2.45) is 11.1 Å². The van der Waals surface area contributed by atoms with Crippen LogP contribution in [0, 0.1) is 12.3 Å². The molecule has 0 radical (unpaired) electrons. The maximum Gasteiger partial charge on any atom is 0.260 e. The molecule has 4 nitrogen and oxygen atoms in total. The van der Waals surface area contributed by atoms with Crippen molar-refractivity contribution in [3.05, 3.63) is 29.3 Å². The van der Waals surface area contributed by atoms with Gasteiger partial charge in [0.2, 0.25) is 0 Å². The van der Waals surface area contributed by atoms with E-state index in [1.165, 1.54) is 11.1 Å². The average Bonchev–Trinajstić information content (AvgIpc) is 2.88. The number of hydrogen-bond donors (Lipinski definition) is 1. The molecule has 1 unspecified atom stereocenters. The summed E-state index contributed by atoms with van der Waals surface area (Å²) < 4.78 is 5.68. The van der Waals surface area contributed by atoms with Gasteiger partial charge in [0.15, 0.2) is 6.61 Å². The molecule has 0 aromatic heterocycles. The highest BCUT2D eigenvalue weighted by atomic mass is 16.5. The minimum atomic E-state index is 0.0442. The van der Waals surface area contributed by atoms with Crippen molar-refractivity contribution in [2.45, 2.75) is 40.0 Å². The fourth-order valence-corrected chi connectivity index (χ4v) is 3.03. The summed E-state index contributed by atoms with van der Waals surface area (Å²) in [6.45, 7) is 10.8. The first-order chi connectivity index (χ1) is 10.3. The summed E-state index contributed by atoms with van der Waals surface area (Å²) in [7, 11) is 0. The maximum atomic E-state index is 12.2. The van der Waals surface area contributed by atoms with Gasteiger partial charge in [0.25, 0.3) is 5.91 Å². The van der Waals surface area contributed by atoms with E-state index < -0.39 is 0 Å². The molecule has 2 N–H and O–H groups in total. The molecule has 1 saturated heterocycles. The van der Waals surface area contributed by atoms with Crippen LogP contribution in [0.5, 0.6) is 5.75 Å². The van der Waals surface area contributed by atoms with E-state index in [9.17, 15) is 4.79 Å². The normalized spacial score (nSPS) is 21.5. The largest absolute Gasteiger partial charge is 0.484 e. The number of nitrogens with two attached hydrogens (primary N) is 1. The zero-order valence-corrected chi connectivity index (χ0v) is 14.2. The molecule has 4 heteroatoms. The standard InChI is InChI=1S/C18H28N2O2/c1-13(2)16-6-5-15(9-14(16)3)22-10-17(21)20-8-7-18(4,11-19)12-20/h5-6,9,13H,7-8,10-12,19H2,1-4H3. The molecule has 1 fully saturated rings. The molecular formula is C18H28N2O2. The number of carbonyl (C=O) groups is 1. The second-order valence-corrected chi connectivity index (χ2v) is 7.04. The lowest BCUT2D eigenvalue weighted by atomic mass is 9.90. The van der Waals surface area contributed by atoms with Crippen molar-refractivity contribution >= 4 is 5.91 Å². The fourth-order valence-electron chi connectivity index (χ4n) is 3.03. The van der Waals surface area contributed by atoms with Gasteiger partial charge in [-0.25, -0.2) is 0 Å². The molecule has 0 spiro atoms. The Labute approximate surface area is 133 Å². The molecule has 0 aliphatic carbocycles. The van der Waals surface area contributed by atoms with Crippen LogP contribution in [0.4, 0.5) is 0 Å². The van der Waals surface area contributed by atoms with Crippen LogP contribution in [0.2, 0.25) is 0 Å². The molecule has 22 heavy (non-hydrogen) atoms. The number of aryl methyl sites for hydroxylation is 1. The van der Waals surface area contributed by atoms with Crippen LogP contribution in [-0.2, 0) is 4.79 Å². The van der Waals surface area contributed by atoms with Crippen LogP contribution in [0.3, 0.4) is 0 Å². The lowest BCUT2D eigenvalue weighted by Crippen LogP contribution is -2.36. The highest BCUT2D eigenvalue weighted by Crippen LogP contribution is 2.28. The molecule has 1 aliphatic rings. The second kappa shape index (κ2) is 6.69. The summed E-state index contributed by atoms with van der Waals surface area (Å²) >= 11 is 0. The molecule has 2 rings (SSSR count). The molecule has 1 heterocycles. The van der Waals surface area contributed by atoms with Crippen molar-refractivity contribution in [1.82, 2.24) is 4.90 Å². The first kappa shape index (κ1) is 16.8. The smallest absolute Gasteiger partial charge is 0.260 e. The van der Waals surface area contributed by atoms with E-state index in [-0.39, 0.29) is 17.9 Å². The summed E-state index contributed by atoms with van der Waals surface area (Å²) in [6.07, 6.45) is 0.970. The zero-order valence-electron chi connectivity index (χ0n) is 14.2. The number of benzene rings is 1. The predicted octanol–water partition coefficient (Wildman–Crippen LogP) is 2.69. The van der Waals surface area contributed by atoms with E-state index >= 15 is 0 Å². The Balaban J connectivity index is 1.91. The molecule has 1 aliphatic heterocycles. The van der Waals surface area contributed by atoms with Crippen LogP contribution in [0.25, 0.3) is 0 Å². The van der Waals surface area contributed by atoms with Gasteiger partial charge >= 0.3 is 0 Å². The van der Waals surface area contributed by atoms with Crippen molar-refractivity contribution < 1.29 is 9.53 Å². The number of hydrogen-bond acceptors (Lipinski definition) is 3. The van der Waals surface area contributed by atoms with E-state index in [2.05, 4.69) is 33.8 Å². The molecule has 0 saturated carbocycles. The second-order valence-electron chi connectivity index (χ2n) is 7.04. The number of likely N-dealkylation sites (tertiary alicyclic amines) is 1. The van der Waals surface area contributed by atoms with Gasteiger partial charge in [0.05, 0.1) is 0 Å². The van der Waals surface area contributed by atoms with Crippen molar-refractivity contribution in [2.75, 3.05) is 26.2 Å². The van der Waals surface area contributed by atoms with Gasteiger partial charge in [-0.05, 0) is 54.5 Å². The molecule has 1 atom stereocenters. The van der Waals surface area contributed by atoms with E-state index in [0.29, 0.717) is 12.5 Å². The van der Waals surface area contributed by atoms with E-state index in [1.807, 2.05) is 17.0 Å². The van der Waals surface area contributed by atoms with Crippen LogP contribution >= 0.6 is 0 Å². The Bertz CT molecular complexity index is 542. The Morgan fingerprint density at radius 3 is 2.73 bits per heavy atom. The van der Waals surface area contributed by atoms with Gasteiger partial charge in [-0.3, -0.25) is 4.79 Å². The minimum absolute atomic E-state index is 0.0442. The van der Waals surface area contributed by atoms with Crippen LogP contribution in [0.15, 0.2) is 18.2 Å². The summed E-state index contributed by atoms with van der Waals surface area (Å²) in [5.74, 6) is 1.30. The van der Waals surface area contributed by atoms with Crippen LogP contribution in [-0.4, -0.2) is 37.0 Å². The topological polar surface area (TPSA) is 55.6 Å². The number of rotatable bonds is 5. The van der Waals surface area contributed by atoms with Gasteiger partial charge in [-0.15, -0.1) is 0 Å². The van der Waals surface area contributed by atoms with Crippen molar-refractivity contribution in [1.29, 1.82) is 0 Å². The van der Waals surface area contributed by atoms with Gasteiger partial charge < -0.3 is 15.4 Å². The first-order valence-electron chi connectivity index (χ1n) is 8.06. The number of nitrogens with zero attached hydrogens (tertiary/aromatic N) is 1. The third kappa shape index (κ3) is 3.80. The Morgan fingerprint density at radius 1 is 1.45 bits per heavy atom. The fraction of sp³-hybridized carbons (Fsp3) is 0.611. The van der Waals surface area contributed by atoms with Crippen LogP contribution < -0.4 is 10.5 Å². The van der Waals surface area contributed by atoms with E-state index in [4.69, 9.17) is 10.5 Å². The highest BCUT2D eigenvalue weighted by Gasteiger charge is 2.34. The maximum absolute atomic E-state index is 12.2. The zero-order chi connectivity index (χ0) is 16.3. The van der Waals surface area contributed by atoms with E-state index in [0.717, 1.165) is 25.3 Å². The Hall–Kier alpha value is -1.55. The first-order valence-corrected chi connectivity index (χ1v) is 8.06. The highest BCUT2D eigenvalue weighted by molar-refractivity contribution is 5.78. The van der Waals surface area contributed by atoms with Gasteiger partial charge in [0.1, 0.15) is 5.75 Å². The average molecular weight is 304 g/mol. The quantitative estimate of drug-likeness (QED) is 0.910. The third-order valence-corrected chi connectivity index (χ3v) is 4.63. The number of ether oxygens (including phenoxy) is 1. The molecule has 122 valence electrons. The number of amides is 1. The molecular weight excluding hydrogens is 276 g/mol. The Morgan fingerprint density at radius 2 is 2.18 bits per heavy atom. The lowest BCUT2D eigenvalue weighted by molar-refractivity contribution is -0.132. The van der Waals surface area contributed by atoms with Gasteiger partial charge in [-0.1, -0.05) is 26.8 Å². The summed E-state index contributed by atoms with van der Waals surface area (Å²) in [5.41, 5.74) is 8.36. The van der Waals surface area contributed by atoms with E-state index in [1.54, 1.807) is 0 Å². The Kier molecular flexibility index (Phi) is 5.12. The molecule has 1 aromatic rings. The summed E-state index contributed by atoms with van der Waals surface area (Å²) in [4.78, 5) is 14.1. The van der Waals surface area contributed by atoms with Crippen LogP contribution in [0.1, 0.15) is 44.2 Å².